The lowest BCUT2D eigenvalue weighted by molar-refractivity contribution is -0.137. The van der Waals surface area contributed by atoms with E-state index >= 15 is 0 Å². The van der Waals surface area contributed by atoms with E-state index in [1.54, 1.807) is 48.7 Å². The molecule has 0 fully saturated rings. The van der Waals surface area contributed by atoms with Crippen LogP contribution in [-0.2, 0) is 22.7 Å². The van der Waals surface area contributed by atoms with Crippen LogP contribution in [0.3, 0.4) is 0 Å². The zero-order chi connectivity index (χ0) is 21.1. The van der Waals surface area contributed by atoms with Crippen molar-refractivity contribution in [2.45, 2.75) is 17.6 Å². The summed E-state index contributed by atoms with van der Waals surface area (Å²) in [5, 5.41) is -0.573. The van der Waals surface area contributed by atoms with Gasteiger partial charge in [0.1, 0.15) is 5.75 Å². The minimum atomic E-state index is -4.76. The normalized spacial score (nSPS) is 12.0. The van der Waals surface area contributed by atoms with E-state index in [9.17, 15) is 21.6 Å². The first-order valence-electron chi connectivity index (χ1n) is 8.19. The Morgan fingerprint density at radius 1 is 1.03 bits per heavy atom. The summed E-state index contributed by atoms with van der Waals surface area (Å²) in [6.45, 7) is -0.147. The first-order chi connectivity index (χ1) is 13.6. The summed E-state index contributed by atoms with van der Waals surface area (Å²) in [5.74, 6) is 0.803. The lowest BCUT2D eigenvalue weighted by Gasteiger charge is -2.12. The lowest BCUT2D eigenvalue weighted by Crippen LogP contribution is -2.23. The van der Waals surface area contributed by atoms with Crippen LogP contribution in [0, 0.1) is 0 Å². The van der Waals surface area contributed by atoms with Crippen molar-refractivity contribution in [3.8, 4) is 11.6 Å². The summed E-state index contributed by atoms with van der Waals surface area (Å²) < 4.78 is 71.6. The molecular formula is C19H14ClF3N2O3S. The molecule has 0 atom stereocenters. The van der Waals surface area contributed by atoms with Crippen LogP contribution in [0.4, 0.5) is 13.2 Å². The summed E-state index contributed by atoms with van der Waals surface area (Å²) in [7, 11) is -4.19. The second-order valence-electron chi connectivity index (χ2n) is 5.88. The van der Waals surface area contributed by atoms with E-state index in [1.165, 1.54) is 0 Å². The van der Waals surface area contributed by atoms with E-state index in [2.05, 4.69) is 9.71 Å². The second kappa shape index (κ2) is 8.40. The fourth-order valence-corrected chi connectivity index (χ4v) is 3.67. The standard InChI is InChI=1S/C19H14ClF3N2O3S/c20-17-8-7-15(11-16(17)19(21,22)23)29(26,27)25-12-13-4-3-5-14(10-13)28-18-6-1-2-9-24-18/h1-11,25H,12H2. The van der Waals surface area contributed by atoms with Crippen molar-refractivity contribution in [1.82, 2.24) is 9.71 Å². The molecule has 0 aliphatic rings. The number of hydrogen-bond acceptors (Lipinski definition) is 4. The smallest absolute Gasteiger partial charge is 0.417 e. The van der Waals surface area contributed by atoms with E-state index in [0.29, 0.717) is 23.3 Å². The number of halogens is 4. The summed E-state index contributed by atoms with van der Waals surface area (Å²) in [6.07, 6.45) is -3.20. The molecule has 3 aromatic rings. The Bertz CT molecular complexity index is 1110. The van der Waals surface area contributed by atoms with Crippen LogP contribution in [0.15, 0.2) is 71.8 Å². The van der Waals surface area contributed by atoms with Crippen molar-refractivity contribution in [3.05, 3.63) is 83.0 Å². The molecule has 0 amide bonds. The fourth-order valence-electron chi connectivity index (χ4n) is 2.40. The van der Waals surface area contributed by atoms with Gasteiger partial charge in [0.2, 0.25) is 15.9 Å². The van der Waals surface area contributed by atoms with Crippen LogP contribution < -0.4 is 9.46 Å². The van der Waals surface area contributed by atoms with Crippen molar-refractivity contribution >= 4 is 21.6 Å². The molecule has 0 saturated carbocycles. The van der Waals surface area contributed by atoms with E-state index in [1.807, 2.05) is 0 Å². The highest BCUT2D eigenvalue weighted by atomic mass is 35.5. The third kappa shape index (κ3) is 5.47. The van der Waals surface area contributed by atoms with Gasteiger partial charge in [-0.05, 0) is 42.0 Å². The Labute approximate surface area is 170 Å². The molecule has 3 rings (SSSR count). The number of ether oxygens (including phenoxy) is 1. The maximum Gasteiger partial charge on any atom is 0.417 e. The molecule has 1 heterocycles. The van der Waals surface area contributed by atoms with Crippen LogP contribution in [0.1, 0.15) is 11.1 Å². The van der Waals surface area contributed by atoms with Gasteiger partial charge in [0.25, 0.3) is 0 Å². The van der Waals surface area contributed by atoms with Gasteiger partial charge in [-0.2, -0.15) is 13.2 Å². The van der Waals surface area contributed by atoms with Gasteiger partial charge < -0.3 is 4.74 Å². The topological polar surface area (TPSA) is 68.3 Å². The molecule has 10 heteroatoms. The van der Waals surface area contributed by atoms with Crippen LogP contribution >= 0.6 is 11.6 Å². The maximum absolute atomic E-state index is 13.0. The Kier molecular flexibility index (Phi) is 6.11. The maximum atomic E-state index is 13.0. The van der Waals surface area contributed by atoms with Crippen LogP contribution in [0.2, 0.25) is 5.02 Å². The molecule has 152 valence electrons. The van der Waals surface area contributed by atoms with Crippen molar-refractivity contribution in [2.75, 3.05) is 0 Å². The number of rotatable bonds is 6. The molecule has 0 aliphatic carbocycles. The lowest BCUT2D eigenvalue weighted by atomic mass is 10.2. The SMILES string of the molecule is O=S(=O)(NCc1cccc(Oc2ccccn2)c1)c1ccc(Cl)c(C(F)(F)F)c1. The molecule has 0 unspecified atom stereocenters. The van der Waals surface area contributed by atoms with Gasteiger partial charge in [-0.3, -0.25) is 0 Å². The predicted octanol–water partition coefficient (Wildman–Crippen LogP) is 5.02. The van der Waals surface area contributed by atoms with Gasteiger partial charge in [0, 0.05) is 18.8 Å². The Morgan fingerprint density at radius 3 is 2.52 bits per heavy atom. The van der Waals surface area contributed by atoms with Crippen molar-refractivity contribution in [2.24, 2.45) is 0 Å². The summed E-state index contributed by atoms with van der Waals surface area (Å²) in [4.78, 5) is 3.50. The number of nitrogens with zero attached hydrogens (tertiary/aromatic N) is 1. The highest BCUT2D eigenvalue weighted by Crippen LogP contribution is 2.35. The minimum absolute atomic E-state index is 0.147. The largest absolute Gasteiger partial charge is 0.439 e. The Balaban J connectivity index is 1.75. The zero-order valence-corrected chi connectivity index (χ0v) is 16.2. The number of nitrogens with one attached hydrogen (secondary N) is 1. The number of benzene rings is 2. The molecular weight excluding hydrogens is 429 g/mol. The van der Waals surface area contributed by atoms with Gasteiger partial charge in [-0.25, -0.2) is 18.1 Å². The molecule has 5 nitrogen and oxygen atoms in total. The van der Waals surface area contributed by atoms with E-state index in [4.69, 9.17) is 16.3 Å². The zero-order valence-electron chi connectivity index (χ0n) is 14.7. The summed E-state index contributed by atoms with van der Waals surface area (Å²) >= 11 is 5.53. The van der Waals surface area contributed by atoms with E-state index in [0.717, 1.165) is 12.1 Å². The van der Waals surface area contributed by atoms with Crippen LogP contribution in [0.25, 0.3) is 0 Å². The average Bonchev–Trinajstić information content (AvgIpc) is 2.67. The number of hydrogen-bond donors (Lipinski definition) is 1. The molecule has 1 N–H and O–H groups in total. The first-order valence-corrected chi connectivity index (χ1v) is 10.1. The van der Waals surface area contributed by atoms with Gasteiger partial charge >= 0.3 is 6.18 Å². The highest BCUT2D eigenvalue weighted by molar-refractivity contribution is 7.89. The fraction of sp³-hybridized carbons (Fsp3) is 0.105. The molecule has 2 aromatic carbocycles. The van der Waals surface area contributed by atoms with Gasteiger partial charge in [-0.15, -0.1) is 0 Å². The molecule has 0 aliphatic heterocycles. The molecule has 0 spiro atoms. The van der Waals surface area contributed by atoms with E-state index in [-0.39, 0.29) is 6.54 Å². The Morgan fingerprint density at radius 2 is 1.83 bits per heavy atom. The van der Waals surface area contributed by atoms with Crippen LogP contribution in [-0.4, -0.2) is 13.4 Å². The minimum Gasteiger partial charge on any atom is -0.439 e. The molecule has 29 heavy (non-hydrogen) atoms. The number of pyridine rings is 1. The van der Waals surface area contributed by atoms with Gasteiger partial charge in [0.05, 0.1) is 15.5 Å². The van der Waals surface area contributed by atoms with E-state index < -0.39 is 31.7 Å². The number of alkyl halides is 3. The average molecular weight is 443 g/mol. The first kappa shape index (κ1) is 21.1. The second-order valence-corrected chi connectivity index (χ2v) is 8.06. The Hall–Kier alpha value is -2.62. The molecule has 0 radical (unpaired) electrons. The number of aromatic nitrogens is 1. The molecule has 1 aromatic heterocycles. The third-order valence-electron chi connectivity index (χ3n) is 3.78. The summed E-state index contributed by atoms with van der Waals surface area (Å²) in [5.41, 5.74) is -0.667. The molecule has 0 bridgehead atoms. The van der Waals surface area contributed by atoms with Crippen molar-refractivity contribution < 1.29 is 26.3 Å². The predicted molar refractivity (Wildman–Crippen MR) is 101 cm³/mol. The van der Waals surface area contributed by atoms with Crippen molar-refractivity contribution in [3.63, 3.8) is 0 Å². The van der Waals surface area contributed by atoms with Crippen LogP contribution in [0.5, 0.6) is 11.6 Å². The highest BCUT2D eigenvalue weighted by Gasteiger charge is 2.34. The summed E-state index contributed by atoms with van der Waals surface area (Å²) in [6, 6.07) is 14.1. The molecule has 0 saturated heterocycles. The monoisotopic (exact) mass is 442 g/mol. The van der Waals surface area contributed by atoms with Gasteiger partial charge in [-0.1, -0.05) is 29.8 Å². The quantitative estimate of drug-likeness (QED) is 0.581. The number of sulfonamides is 1. The van der Waals surface area contributed by atoms with Crippen molar-refractivity contribution in [1.29, 1.82) is 0 Å². The van der Waals surface area contributed by atoms with Gasteiger partial charge in [0.15, 0.2) is 0 Å². The third-order valence-corrected chi connectivity index (χ3v) is 5.51.